The highest BCUT2D eigenvalue weighted by Crippen LogP contribution is 2.25. The first-order chi connectivity index (χ1) is 9.09. The summed E-state index contributed by atoms with van der Waals surface area (Å²) < 4.78 is 0. The Kier molecular flexibility index (Phi) is 2.53. The number of aliphatic hydroxyl groups excluding tert-OH is 1. The van der Waals surface area contributed by atoms with E-state index in [1.807, 2.05) is 42.5 Å². The van der Waals surface area contributed by atoms with Crippen LogP contribution in [0.2, 0.25) is 0 Å². The first-order valence-corrected chi connectivity index (χ1v) is 6.24. The Morgan fingerprint density at radius 3 is 2.26 bits per heavy atom. The Hall–Kier alpha value is -2.35. The minimum atomic E-state index is -0.0325. The number of rotatable bonds is 1. The Morgan fingerprint density at radius 1 is 1.00 bits per heavy atom. The van der Waals surface area contributed by atoms with E-state index in [0.29, 0.717) is 10.8 Å². The maximum Gasteiger partial charge on any atom is 0.160 e. The standard InChI is InChI=1S/C17H14O2/c1-10(18)15-9-13-7-3-5-12-6-4-8-14(17(12)13)16(15)11(2)19/h3-9,19H,1-2H3. The average molecular weight is 250 g/mol. The molecule has 3 rings (SSSR count). The molecule has 0 bridgehead atoms. The molecule has 0 fully saturated rings. The van der Waals surface area contributed by atoms with Crippen molar-refractivity contribution in [1.82, 2.24) is 0 Å². The highest BCUT2D eigenvalue weighted by atomic mass is 16.3. The molecule has 0 saturated heterocycles. The van der Waals surface area contributed by atoms with Gasteiger partial charge in [0.1, 0.15) is 0 Å². The average Bonchev–Trinajstić information content (AvgIpc) is 2.38. The molecule has 0 radical (unpaired) electrons. The van der Waals surface area contributed by atoms with Gasteiger partial charge in [0.2, 0.25) is 0 Å². The summed E-state index contributed by atoms with van der Waals surface area (Å²) in [7, 11) is 0. The molecule has 3 aromatic rings. The van der Waals surface area contributed by atoms with Gasteiger partial charge in [-0.05, 0) is 41.5 Å². The van der Waals surface area contributed by atoms with Gasteiger partial charge in [0.25, 0.3) is 0 Å². The highest BCUT2D eigenvalue weighted by Gasteiger charge is 2.11. The zero-order chi connectivity index (χ0) is 13.6. The minimum Gasteiger partial charge on any atom is -0.512 e. The number of benzene rings is 3. The molecule has 0 unspecified atom stereocenters. The second-order valence-corrected chi connectivity index (χ2v) is 4.83. The number of hydrogen-bond acceptors (Lipinski definition) is 2. The van der Waals surface area contributed by atoms with Crippen LogP contribution in [0.1, 0.15) is 24.2 Å². The first-order valence-electron chi connectivity index (χ1n) is 6.24. The highest BCUT2D eigenvalue weighted by molar-refractivity contribution is 6.13. The Labute approximate surface area is 111 Å². The summed E-state index contributed by atoms with van der Waals surface area (Å²) in [4.78, 5) is 11.8. The van der Waals surface area contributed by atoms with Crippen LogP contribution in [0.15, 0.2) is 42.5 Å². The lowest BCUT2D eigenvalue weighted by Gasteiger charge is -2.10. The van der Waals surface area contributed by atoms with Crippen molar-refractivity contribution < 1.29 is 9.90 Å². The fourth-order valence-corrected chi connectivity index (χ4v) is 2.74. The summed E-state index contributed by atoms with van der Waals surface area (Å²) in [6.45, 7) is 3.15. The summed E-state index contributed by atoms with van der Waals surface area (Å²) in [6, 6.07) is 13.8. The Morgan fingerprint density at radius 2 is 1.63 bits per heavy atom. The van der Waals surface area contributed by atoms with Crippen LogP contribution in [-0.2, 0) is 0 Å². The SMILES string of the molecule is CC(=O)c1cc2cccc3cccc(c1=C(C)O)c32. The van der Waals surface area contributed by atoms with E-state index in [1.165, 1.54) is 6.92 Å². The van der Waals surface area contributed by atoms with Gasteiger partial charge in [-0.3, -0.25) is 4.79 Å². The van der Waals surface area contributed by atoms with Crippen molar-refractivity contribution in [3.63, 3.8) is 0 Å². The molecule has 0 atom stereocenters. The van der Waals surface area contributed by atoms with Crippen molar-refractivity contribution in [3.05, 3.63) is 53.2 Å². The van der Waals surface area contributed by atoms with Gasteiger partial charge >= 0.3 is 0 Å². The molecule has 0 aromatic heterocycles. The second kappa shape index (κ2) is 4.09. The summed E-state index contributed by atoms with van der Waals surface area (Å²) in [5.74, 6) is 0.151. The summed E-state index contributed by atoms with van der Waals surface area (Å²) in [6.07, 6.45) is 0. The van der Waals surface area contributed by atoms with E-state index in [9.17, 15) is 9.90 Å². The normalized spacial score (nSPS) is 12.9. The van der Waals surface area contributed by atoms with Crippen molar-refractivity contribution in [2.45, 2.75) is 13.8 Å². The number of carbonyl (C=O) groups excluding carboxylic acids is 1. The fourth-order valence-electron chi connectivity index (χ4n) is 2.74. The molecule has 2 heteroatoms. The largest absolute Gasteiger partial charge is 0.512 e. The van der Waals surface area contributed by atoms with Crippen LogP contribution < -0.4 is 5.22 Å². The van der Waals surface area contributed by atoms with Gasteiger partial charge in [0.15, 0.2) is 5.78 Å². The van der Waals surface area contributed by atoms with E-state index in [4.69, 9.17) is 0 Å². The van der Waals surface area contributed by atoms with Crippen LogP contribution in [-0.4, -0.2) is 10.9 Å². The quantitative estimate of drug-likeness (QED) is 0.670. The summed E-state index contributed by atoms with van der Waals surface area (Å²) in [5, 5.41) is 14.8. The summed E-state index contributed by atoms with van der Waals surface area (Å²) in [5.41, 5.74) is 0.575. The van der Waals surface area contributed by atoms with Crippen LogP contribution in [0.5, 0.6) is 0 Å². The third-order valence-corrected chi connectivity index (χ3v) is 3.52. The van der Waals surface area contributed by atoms with Crippen LogP contribution >= 0.6 is 0 Å². The number of hydrogen-bond donors (Lipinski definition) is 1. The molecule has 0 heterocycles. The molecule has 0 amide bonds. The van der Waals surface area contributed by atoms with Gasteiger partial charge in [-0.2, -0.15) is 0 Å². The third-order valence-electron chi connectivity index (χ3n) is 3.52. The lowest BCUT2D eigenvalue weighted by atomic mass is 9.94. The van der Waals surface area contributed by atoms with Crippen molar-refractivity contribution in [2.75, 3.05) is 0 Å². The summed E-state index contributed by atoms with van der Waals surface area (Å²) >= 11 is 0. The number of ketones is 1. The van der Waals surface area contributed by atoms with E-state index >= 15 is 0 Å². The van der Waals surface area contributed by atoms with E-state index in [1.54, 1.807) is 6.92 Å². The zero-order valence-electron chi connectivity index (χ0n) is 10.9. The van der Waals surface area contributed by atoms with E-state index in [0.717, 1.165) is 21.5 Å². The van der Waals surface area contributed by atoms with Gasteiger partial charge < -0.3 is 5.11 Å². The Bertz CT molecular complexity index is 850. The molecule has 0 saturated carbocycles. The van der Waals surface area contributed by atoms with Crippen LogP contribution in [0, 0.1) is 0 Å². The van der Waals surface area contributed by atoms with E-state index < -0.39 is 0 Å². The van der Waals surface area contributed by atoms with Crippen LogP contribution in [0.25, 0.3) is 27.3 Å². The number of carbonyl (C=O) groups is 1. The molecular formula is C17H14O2. The number of aliphatic hydroxyl groups is 1. The van der Waals surface area contributed by atoms with Gasteiger partial charge in [0, 0.05) is 10.8 Å². The molecular weight excluding hydrogens is 236 g/mol. The van der Waals surface area contributed by atoms with Crippen molar-refractivity contribution in [1.29, 1.82) is 0 Å². The zero-order valence-corrected chi connectivity index (χ0v) is 10.9. The fraction of sp³-hybridized carbons (Fsp3) is 0.118. The van der Waals surface area contributed by atoms with Crippen LogP contribution in [0.3, 0.4) is 0 Å². The first kappa shape index (κ1) is 11.7. The second-order valence-electron chi connectivity index (χ2n) is 4.83. The third kappa shape index (κ3) is 1.68. The lowest BCUT2D eigenvalue weighted by Crippen LogP contribution is -2.17. The lowest BCUT2D eigenvalue weighted by molar-refractivity contribution is 0.101. The molecule has 2 nitrogen and oxygen atoms in total. The van der Waals surface area contributed by atoms with Gasteiger partial charge in [-0.1, -0.05) is 36.4 Å². The van der Waals surface area contributed by atoms with Gasteiger partial charge in [-0.25, -0.2) is 0 Å². The Balaban J connectivity index is 2.72. The van der Waals surface area contributed by atoms with Crippen molar-refractivity contribution in [3.8, 4) is 0 Å². The maximum absolute atomic E-state index is 11.8. The van der Waals surface area contributed by atoms with Crippen molar-refractivity contribution in [2.24, 2.45) is 0 Å². The topological polar surface area (TPSA) is 37.3 Å². The predicted octanol–water partition coefficient (Wildman–Crippen LogP) is 3.60. The van der Waals surface area contributed by atoms with Gasteiger partial charge in [-0.15, -0.1) is 0 Å². The molecule has 0 aliphatic rings. The molecule has 19 heavy (non-hydrogen) atoms. The van der Waals surface area contributed by atoms with E-state index in [-0.39, 0.29) is 11.5 Å². The molecule has 0 aliphatic carbocycles. The molecule has 0 aliphatic heterocycles. The molecule has 3 aromatic carbocycles. The van der Waals surface area contributed by atoms with Crippen molar-refractivity contribution >= 4 is 33.1 Å². The monoisotopic (exact) mass is 250 g/mol. The molecule has 0 spiro atoms. The molecule has 94 valence electrons. The molecule has 1 N–H and O–H groups in total. The number of Topliss-reactive ketones (excluding diaryl/α,β-unsaturated/α-hetero) is 1. The minimum absolute atomic E-state index is 0.0325. The maximum atomic E-state index is 11.8. The van der Waals surface area contributed by atoms with E-state index in [2.05, 4.69) is 0 Å². The smallest absolute Gasteiger partial charge is 0.160 e. The predicted molar refractivity (Wildman–Crippen MR) is 78.4 cm³/mol. The van der Waals surface area contributed by atoms with Gasteiger partial charge in [0.05, 0.1) is 5.76 Å². The van der Waals surface area contributed by atoms with Crippen LogP contribution in [0.4, 0.5) is 0 Å².